The van der Waals surface area contributed by atoms with Gasteiger partial charge in [0.05, 0.1) is 4.92 Å². The number of aromatic nitrogens is 2. The summed E-state index contributed by atoms with van der Waals surface area (Å²) in [5.74, 6) is -0.346. The molecule has 0 atom stereocenters. The lowest BCUT2D eigenvalue weighted by molar-refractivity contribution is -0.383. The van der Waals surface area contributed by atoms with E-state index in [0.717, 1.165) is 10.2 Å². The van der Waals surface area contributed by atoms with E-state index in [1.807, 2.05) is 29.2 Å². The van der Waals surface area contributed by atoms with Gasteiger partial charge in [-0.05, 0) is 42.5 Å². The average molecular weight is 533 g/mol. The van der Waals surface area contributed by atoms with Crippen LogP contribution in [0.15, 0.2) is 59.3 Å². The van der Waals surface area contributed by atoms with E-state index < -0.39 is 10.8 Å². The number of nitro groups is 1. The molecule has 2 aromatic carbocycles. The van der Waals surface area contributed by atoms with Gasteiger partial charge in [-0.1, -0.05) is 33.6 Å². The van der Waals surface area contributed by atoms with Crippen LogP contribution in [0.3, 0.4) is 0 Å². The Morgan fingerprint density at radius 2 is 1.76 bits per heavy atom. The highest BCUT2D eigenvalue weighted by atomic mass is 79.9. The number of hydrogen-bond donors (Lipinski definition) is 2. The number of nitrogens with zero attached hydrogens (tertiary/aromatic N) is 5. The summed E-state index contributed by atoms with van der Waals surface area (Å²) in [4.78, 5) is 35.8. The molecule has 12 heteroatoms. The van der Waals surface area contributed by atoms with Crippen LogP contribution in [0.2, 0.25) is 5.02 Å². The molecule has 3 aromatic rings. The number of amides is 1. The fourth-order valence-corrected chi connectivity index (χ4v) is 3.95. The van der Waals surface area contributed by atoms with Crippen molar-refractivity contribution in [2.75, 3.05) is 41.4 Å². The zero-order valence-electron chi connectivity index (χ0n) is 17.2. The van der Waals surface area contributed by atoms with E-state index in [1.54, 1.807) is 24.3 Å². The number of halogens is 2. The minimum absolute atomic E-state index is 0.0901. The molecule has 33 heavy (non-hydrogen) atoms. The third kappa shape index (κ3) is 5.32. The lowest BCUT2D eigenvalue weighted by atomic mass is 10.2. The standard InChI is InChI=1S/C21H19BrClN7O3/c22-15-6-4-14(5-7-15)21(31)27-26-19-18(30(32)33)20(25-13-24-19)29-10-8-28(9-11-29)17-3-1-2-16(23)12-17/h1-7,12-13H,8-11H2,(H,27,31)(H,24,25,26). The first-order valence-corrected chi connectivity index (χ1v) is 11.2. The van der Waals surface area contributed by atoms with E-state index in [2.05, 4.69) is 41.6 Å². The fraction of sp³-hybridized carbons (Fsp3) is 0.190. The van der Waals surface area contributed by atoms with Gasteiger partial charge in [0, 0.05) is 46.9 Å². The summed E-state index contributed by atoms with van der Waals surface area (Å²) in [5, 5.41) is 12.5. The van der Waals surface area contributed by atoms with Crippen LogP contribution in [0.25, 0.3) is 0 Å². The van der Waals surface area contributed by atoms with Crippen molar-refractivity contribution in [2.45, 2.75) is 0 Å². The minimum atomic E-state index is -0.549. The second-order valence-corrected chi connectivity index (χ2v) is 8.54. The number of rotatable bonds is 6. The molecule has 1 amide bonds. The largest absolute Gasteiger partial charge is 0.368 e. The summed E-state index contributed by atoms with van der Waals surface area (Å²) < 4.78 is 0.832. The maximum atomic E-state index is 12.4. The van der Waals surface area contributed by atoms with E-state index in [1.165, 1.54) is 6.33 Å². The molecule has 170 valence electrons. The molecule has 0 bridgehead atoms. The van der Waals surface area contributed by atoms with Gasteiger partial charge in [-0.15, -0.1) is 0 Å². The zero-order chi connectivity index (χ0) is 23.4. The number of hydrogen-bond acceptors (Lipinski definition) is 8. The maximum Gasteiger partial charge on any atom is 0.355 e. The van der Waals surface area contributed by atoms with Gasteiger partial charge >= 0.3 is 5.69 Å². The Morgan fingerprint density at radius 3 is 2.42 bits per heavy atom. The van der Waals surface area contributed by atoms with E-state index in [4.69, 9.17) is 11.6 Å². The number of anilines is 3. The predicted octanol–water partition coefficient (Wildman–Crippen LogP) is 3.88. The van der Waals surface area contributed by atoms with Crippen LogP contribution in [-0.2, 0) is 0 Å². The molecule has 0 spiro atoms. The summed E-state index contributed by atoms with van der Waals surface area (Å²) in [7, 11) is 0. The van der Waals surface area contributed by atoms with Crippen molar-refractivity contribution in [3.8, 4) is 0 Å². The van der Waals surface area contributed by atoms with Gasteiger partial charge < -0.3 is 9.80 Å². The third-order valence-corrected chi connectivity index (χ3v) is 5.90. The molecule has 10 nitrogen and oxygen atoms in total. The molecule has 4 rings (SSSR count). The van der Waals surface area contributed by atoms with E-state index >= 15 is 0 Å². The summed E-state index contributed by atoms with van der Waals surface area (Å²) in [6.45, 7) is 2.33. The highest BCUT2D eigenvalue weighted by Gasteiger charge is 2.29. The summed E-state index contributed by atoms with van der Waals surface area (Å²) in [6.07, 6.45) is 1.24. The number of benzene rings is 2. The van der Waals surface area contributed by atoms with Crippen molar-refractivity contribution in [1.82, 2.24) is 15.4 Å². The van der Waals surface area contributed by atoms with Crippen LogP contribution in [0.1, 0.15) is 10.4 Å². The molecule has 1 saturated heterocycles. The van der Waals surface area contributed by atoms with Gasteiger partial charge in [-0.25, -0.2) is 9.97 Å². The lowest BCUT2D eigenvalue weighted by Gasteiger charge is -2.36. The average Bonchev–Trinajstić information content (AvgIpc) is 2.82. The molecule has 1 aliphatic rings. The van der Waals surface area contributed by atoms with Crippen molar-refractivity contribution in [1.29, 1.82) is 0 Å². The van der Waals surface area contributed by atoms with Crippen molar-refractivity contribution in [2.24, 2.45) is 0 Å². The van der Waals surface area contributed by atoms with Crippen LogP contribution in [-0.4, -0.2) is 47.0 Å². The van der Waals surface area contributed by atoms with Gasteiger partial charge in [0.1, 0.15) is 6.33 Å². The second-order valence-electron chi connectivity index (χ2n) is 7.19. The summed E-state index contributed by atoms with van der Waals surface area (Å²) >= 11 is 9.40. The normalized spacial score (nSPS) is 13.5. The first-order valence-electron chi connectivity index (χ1n) is 9.99. The molecule has 0 aliphatic carbocycles. The molecule has 0 radical (unpaired) electrons. The smallest absolute Gasteiger partial charge is 0.355 e. The molecular formula is C21H19BrClN7O3. The number of carbonyl (C=O) groups excluding carboxylic acids is 1. The highest BCUT2D eigenvalue weighted by molar-refractivity contribution is 9.10. The fourth-order valence-electron chi connectivity index (χ4n) is 3.50. The van der Waals surface area contributed by atoms with Crippen molar-refractivity contribution in [3.05, 3.63) is 80.0 Å². The van der Waals surface area contributed by atoms with Crippen molar-refractivity contribution in [3.63, 3.8) is 0 Å². The monoisotopic (exact) mass is 531 g/mol. The lowest BCUT2D eigenvalue weighted by Crippen LogP contribution is -2.47. The first kappa shape index (κ1) is 22.7. The van der Waals surface area contributed by atoms with Gasteiger partial charge in [0.2, 0.25) is 11.6 Å². The Bertz CT molecular complexity index is 1170. The Kier molecular flexibility index (Phi) is 6.90. The van der Waals surface area contributed by atoms with E-state index in [0.29, 0.717) is 36.8 Å². The maximum absolute atomic E-state index is 12.4. The van der Waals surface area contributed by atoms with Crippen LogP contribution in [0.5, 0.6) is 0 Å². The quantitative estimate of drug-likeness (QED) is 0.363. The van der Waals surface area contributed by atoms with Crippen molar-refractivity contribution < 1.29 is 9.72 Å². The van der Waals surface area contributed by atoms with Crippen LogP contribution >= 0.6 is 27.5 Å². The Labute approximate surface area is 202 Å². The molecule has 1 aromatic heterocycles. The molecule has 2 heterocycles. The highest BCUT2D eigenvalue weighted by Crippen LogP contribution is 2.32. The predicted molar refractivity (Wildman–Crippen MR) is 130 cm³/mol. The van der Waals surface area contributed by atoms with Crippen LogP contribution < -0.4 is 20.7 Å². The van der Waals surface area contributed by atoms with Gasteiger partial charge in [-0.2, -0.15) is 0 Å². The number of nitrogens with one attached hydrogen (secondary N) is 2. The van der Waals surface area contributed by atoms with Crippen molar-refractivity contribution >= 4 is 56.4 Å². The van der Waals surface area contributed by atoms with Crippen LogP contribution in [0, 0.1) is 10.1 Å². The SMILES string of the molecule is O=C(NNc1ncnc(N2CCN(c3cccc(Cl)c3)CC2)c1[N+](=O)[O-])c1ccc(Br)cc1. The van der Waals surface area contributed by atoms with Crippen LogP contribution in [0.4, 0.5) is 23.0 Å². The van der Waals surface area contributed by atoms with Gasteiger partial charge in [0.15, 0.2) is 0 Å². The Balaban J connectivity index is 1.48. The number of piperazine rings is 1. The summed E-state index contributed by atoms with van der Waals surface area (Å²) in [6, 6.07) is 14.3. The topological polar surface area (TPSA) is 117 Å². The second kappa shape index (κ2) is 10.0. The minimum Gasteiger partial charge on any atom is -0.368 e. The molecule has 2 N–H and O–H groups in total. The van der Waals surface area contributed by atoms with E-state index in [-0.39, 0.29) is 17.3 Å². The number of hydrazine groups is 1. The van der Waals surface area contributed by atoms with E-state index in [9.17, 15) is 14.9 Å². The summed E-state index contributed by atoms with van der Waals surface area (Å²) in [5.41, 5.74) is 6.11. The number of carbonyl (C=O) groups is 1. The molecule has 1 aliphatic heterocycles. The first-order chi connectivity index (χ1) is 15.9. The van der Waals surface area contributed by atoms with Gasteiger partial charge in [0.25, 0.3) is 5.91 Å². The Hall–Kier alpha value is -3.44. The molecule has 1 fully saturated rings. The van der Waals surface area contributed by atoms with Gasteiger partial charge in [-0.3, -0.25) is 25.8 Å². The zero-order valence-corrected chi connectivity index (χ0v) is 19.6. The Morgan fingerprint density at radius 1 is 1.06 bits per heavy atom. The molecule has 0 unspecified atom stereocenters. The third-order valence-electron chi connectivity index (χ3n) is 5.14. The molecule has 0 saturated carbocycles. The molecular weight excluding hydrogens is 514 g/mol.